The summed E-state index contributed by atoms with van der Waals surface area (Å²) in [6, 6.07) is 11.5. The molecule has 0 saturated carbocycles. The quantitative estimate of drug-likeness (QED) is 0.617. The molecule has 1 aliphatic rings. The maximum absolute atomic E-state index is 13.0. The van der Waals surface area contributed by atoms with Crippen LogP contribution in [0.25, 0.3) is 0 Å². The first-order chi connectivity index (χ1) is 16.1. The molecule has 182 valence electrons. The van der Waals surface area contributed by atoms with E-state index in [2.05, 4.69) is 16.8 Å². The maximum atomic E-state index is 13.0. The number of carbonyl (C=O) groups is 2. The number of alkyl halides is 3. The van der Waals surface area contributed by atoms with Gasteiger partial charge in [-0.2, -0.15) is 13.2 Å². The number of carbonyl (C=O) groups excluding carboxylic acids is 2. The number of halogens is 3. The average molecular weight is 476 g/mol. The lowest BCUT2D eigenvalue weighted by Crippen LogP contribution is -2.54. The minimum absolute atomic E-state index is 0.0423. The minimum Gasteiger partial charge on any atom is -0.484 e. The van der Waals surface area contributed by atoms with Crippen LogP contribution in [0.15, 0.2) is 61.2 Å². The van der Waals surface area contributed by atoms with Crippen molar-refractivity contribution < 1.29 is 27.5 Å². The molecule has 1 saturated heterocycles. The second-order valence-electron chi connectivity index (χ2n) is 8.17. The number of hydrogen-bond acceptors (Lipinski definition) is 4. The summed E-state index contributed by atoms with van der Waals surface area (Å²) in [5.74, 6) is 0.136. The predicted octanol–water partition coefficient (Wildman–Crippen LogP) is 3.90. The summed E-state index contributed by atoms with van der Waals surface area (Å²) < 4.78 is 45.3. The zero-order valence-corrected chi connectivity index (χ0v) is 19.1. The Kier molecular flexibility index (Phi) is 7.98. The molecular weight excluding hydrogens is 447 g/mol. The molecule has 2 atom stereocenters. The lowest BCUT2D eigenvalue weighted by Gasteiger charge is -2.40. The van der Waals surface area contributed by atoms with Gasteiger partial charge in [-0.15, -0.1) is 0 Å². The number of piperazine rings is 1. The summed E-state index contributed by atoms with van der Waals surface area (Å²) in [6.07, 6.45) is -3.68. The molecule has 1 unspecified atom stereocenters. The van der Waals surface area contributed by atoms with Gasteiger partial charge in [-0.05, 0) is 55.0 Å². The van der Waals surface area contributed by atoms with Gasteiger partial charge in [-0.1, -0.05) is 18.7 Å². The van der Waals surface area contributed by atoms with Crippen LogP contribution >= 0.6 is 0 Å². The Morgan fingerprint density at radius 3 is 2.32 bits per heavy atom. The van der Waals surface area contributed by atoms with Crippen LogP contribution in [0.3, 0.4) is 0 Å². The van der Waals surface area contributed by atoms with Crippen molar-refractivity contribution in [2.24, 2.45) is 0 Å². The molecule has 2 amide bonds. The molecule has 1 heterocycles. The molecule has 9 heteroatoms. The highest BCUT2D eigenvalue weighted by Crippen LogP contribution is 2.31. The van der Waals surface area contributed by atoms with Crippen molar-refractivity contribution in [2.75, 3.05) is 33.2 Å². The Balaban J connectivity index is 1.80. The molecule has 0 spiro atoms. The van der Waals surface area contributed by atoms with E-state index in [0.29, 0.717) is 43.1 Å². The molecule has 1 fully saturated rings. The molecular formula is C25H28F3N3O3. The number of amides is 2. The van der Waals surface area contributed by atoms with Gasteiger partial charge in [0.05, 0.1) is 5.56 Å². The van der Waals surface area contributed by atoms with Crippen molar-refractivity contribution in [1.82, 2.24) is 15.1 Å². The number of rotatable bonds is 7. The van der Waals surface area contributed by atoms with Crippen LogP contribution in [0.4, 0.5) is 13.2 Å². The van der Waals surface area contributed by atoms with E-state index >= 15 is 0 Å². The lowest BCUT2D eigenvalue weighted by atomic mass is 10.0. The van der Waals surface area contributed by atoms with Crippen molar-refractivity contribution in [1.29, 1.82) is 0 Å². The van der Waals surface area contributed by atoms with Gasteiger partial charge in [0.25, 0.3) is 5.91 Å². The van der Waals surface area contributed by atoms with E-state index in [1.807, 2.05) is 6.92 Å². The maximum Gasteiger partial charge on any atom is 0.416 e. The first-order valence-corrected chi connectivity index (χ1v) is 10.9. The van der Waals surface area contributed by atoms with Gasteiger partial charge in [0.15, 0.2) is 0 Å². The molecule has 0 bridgehead atoms. The van der Waals surface area contributed by atoms with Crippen LogP contribution in [0, 0.1) is 0 Å². The summed E-state index contributed by atoms with van der Waals surface area (Å²) in [4.78, 5) is 27.7. The van der Waals surface area contributed by atoms with E-state index in [-0.39, 0.29) is 17.9 Å². The highest BCUT2D eigenvalue weighted by atomic mass is 19.4. The Morgan fingerprint density at radius 1 is 1.15 bits per heavy atom. The largest absolute Gasteiger partial charge is 0.484 e. The normalized spacial score (nSPS) is 17.7. The first kappa shape index (κ1) is 25.3. The summed E-state index contributed by atoms with van der Waals surface area (Å²) in [5, 5.41) is 2.55. The van der Waals surface area contributed by atoms with Crippen molar-refractivity contribution >= 4 is 11.8 Å². The molecule has 0 aromatic heterocycles. The Labute approximate surface area is 197 Å². The van der Waals surface area contributed by atoms with Crippen molar-refractivity contribution in [2.45, 2.75) is 25.2 Å². The SMILES string of the molecule is C=CC(=O)N1CCN(CC(Oc2ccc(C(=O)NC)cc2)c2ccc(C(F)(F)F)cc2)C[C@H]1C. The van der Waals surface area contributed by atoms with Crippen molar-refractivity contribution in [3.05, 3.63) is 77.9 Å². The number of ether oxygens (including phenoxy) is 1. The second kappa shape index (κ2) is 10.7. The van der Waals surface area contributed by atoms with Gasteiger partial charge in [-0.3, -0.25) is 14.5 Å². The Hall–Kier alpha value is -3.33. The lowest BCUT2D eigenvalue weighted by molar-refractivity contribution is -0.137. The fourth-order valence-electron chi connectivity index (χ4n) is 3.97. The number of nitrogens with zero attached hydrogens (tertiary/aromatic N) is 2. The summed E-state index contributed by atoms with van der Waals surface area (Å²) >= 11 is 0. The molecule has 1 N–H and O–H groups in total. The molecule has 2 aromatic carbocycles. The van der Waals surface area contributed by atoms with Gasteiger partial charge >= 0.3 is 6.18 Å². The number of nitrogens with one attached hydrogen (secondary N) is 1. The van der Waals surface area contributed by atoms with Crippen LogP contribution in [-0.4, -0.2) is 60.9 Å². The highest BCUT2D eigenvalue weighted by molar-refractivity contribution is 5.94. The topological polar surface area (TPSA) is 61.9 Å². The van der Waals surface area contributed by atoms with Crippen molar-refractivity contribution in [3.63, 3.8) is 0 Å². The van der Waals surface area contributed by atoms with Crippen LogP contribution in [0.5, 0.6) is 5.75 Å². The van der Waals surface area contributed by atoms with Crippen LogP contribution in [0.2, 0.25) is 0 Å². The molecule has 3 rings (SSSR count). The van der Waals surface area contributed by atoms with Crippen molar-refractivity contribution in [3.8, 4) is 5.75 Å². The zero-order valence-electron chi connectivity index (χ0n) is 19.1. The number of benzene rings is 2. The predicted molar refractivity (Wildman–Crippen MR) is 122 cm³/mol. The second-order valence-corrected chi connectivity index (χ2v) is 8.17. The van der Waals surface area contributed by atoms with Gasteiger partial charge in [0, 0.05) is 44.8 Å². The third-order valence-corrected chi connectivity index (χ3v) is 5.83. The average Bonchev–Trinajstić information content (AvgIpc) is 2.82. The smallest absolute Gasteiger partial charge is 0.416 e. The summed E-state index contributed by atoms with van der Waals surface area (Å²) in [6.45, 7) is 7.61. The molecule has 0 aliphatic carbocycles. The van der Waals surface area contributed by atoms with Gasteiger partial charge in [0.1, 0.15) is 11.9 Å². The fraction of sp³-hybridized carbons (Fsp3) is 0.360. The van der Waals surface area contributed by atoms with E-state index in [1.165, 1.54) is 25.3 Å². The first-order valence-electron chi connectivity index (χ1n) is 10.9. The molecule has 2 aromatic rings. The van der Waals surface area contributed by atoms with E-state index in [0.717, 1.165) is 12.1 Å². The van der Waals surface area contributed by atoms with E-state index in [4.69, 9.17) is 4.74 Å². The third-order valence-electron chi connectivity index (χ3n) is 5.83. The Morgan fingerprint density at radius 2 is 1.79 bits per heavy atom. The standard InChI is InChI=1S/C25H28F3N3O3/c1-4-23(32)31-14-13-30(15-17(31)2)16-22(18-5-9-20(10-6-18)25(26,27)28)34-21-11-7-19(8-12-21)24(33)29-3/h4-12,17,22H,1,13-16H2,2-3H3,(H,29,33)/t17-,22?/m1/s1. The molecule has 1 aliphatic heterocycles. The molecule has 0 radical (unpaired) electrons. The molecule has 6 nitrogen and oxygen atoms in total. The Bertz CT molecular complexity index is 1010. The van der Waals surface area contributed by atoms with E-state index in [1.54, 1.807) is 29.2 Å². The zero-order chi connectivity index (χ0) is 24.9. The van der Waals surface area contributed by atoms with Crippen LogP contribution < -0.4 is 10.1 Å². The van der Waals surface area contributed by atoms with Gasteiger partial charge in [-0.25, -0.2) is 0 Å². The van der Waals surface area contributed by atoms with E-state index in [9.17, 15) is 22.8 Å². The number of hydrogen-bond donors (Lipinski definition) is 1. The summed E-state index contributed by atoms with van der Waals surface area (Å²) in [7, 11) is 1.54. The molecule has 34 heavy (non-hydrogen) atoms. The third kappa shape index (κ3) is 6.17. The van der Waals surface area contributed by atoms with Gasteiger partial charge < -0.3 is 15.0 Å². The fourth-order valence-corrected chi connectivity index (χ4v) is 3.97. The van der Waals surface area contributed by atoms with Gasteiger partial charge in [0.2, 0.25) is 5.91 Å². The van der Waals surface area contributed by atoms with E-state index < -0.39 is 17.8 Å². The van der Waals surface area contributed by atoms with Crippen LogP contribution in [0.1, 0.15) is 34.5 Å². The van der Waals surface area contributed by atoms with Crippen LogP contribution in [-0.2, 0) is 11.0 Å². The highest BCUT2D eigenvalue weighted by Gasteiger charge is 2.31. The monoisotopic (exact) mass is 475 g/mol. The minimum atomic E-state index is -4.42. The summed E-state index contributed by atoms with van der Waals surface area (Å²) in [5.41, 5.74) is 0.341.